The van der Waals surface area contributed by atoms with Crippen molar-refractivity contribution in [1.82, 2.24) is 9.97 Å². The number of hydrogen-bond donors (Lipinski definition) is 1. The topological polar surface area (TPSA) is 61.0 Å². The third kappa shape index (κ3) is 2.94. The minimum absolute atomic E-state index is 0.0945. The van der Waals surface area contributed by atoms with Crippen LogP contribution < -0.4 is 10.5 Å². The van der Waals surface area contributed by atoms with Gasteiger partial charge in [-0.1, -0.05) is 12.1 Å². The number of para-hydroxylation sites is 1. The Bertz CT molecular complexity index is 603. The Balaban J connectivity index is 1.81. The van der Waals surface area contributed by atoms with E-state index in [-0.39, 0.29) is 12.1 Å². The van der Waals surface area contributed by atoms with E-state index in [9.17, 15) is 0 Å². The van der Waals surface area contributed by atoms with E-state index in [1.54, 1.807) is 18.0 Å². The maximum absolute atomic E-state index is 6.00. The summed E-state index contributed by atoms with van der Waals surface area (Å²) in [6.07, 6.45) is 2.45. The molecule has 0 saturated heterocycles. The van der Waals surface area contributed by atoms with Crippen LogP contribution in [0.15, 0.2) is 41.4 Å². The standard InChI is InChI=1S/C15H17N3OS/c1-10(16)8-11-6-7-17-15(18-11)13-9-20-14-5-3-2-4-12(14)19-13/h2-7,10,13H,8-9,16H2,1H3. The number of nitrogens with zero attached hydrogens (tertiary/aromatic N) is 2. The Hall–Kier alpha value is -1.59. The minimum Gasteiger partial charge on any atom is -0.480 e. The molecule has 0 bridgehead atoms. The molecule has 1 aliphatic heterocycles. The van der Waals surface area contributed by atoms with Crippen molar-refractivity contribution in [2.75, 3.05) is 5.75 Å². The number of fused-ring (bicyclic) bond motifs is 1. The Kier molecular flexibility index (Phi) is 3.89. The third-order valence-corrected chi connectivity index (χ3v) is 4.18. The largest absolute Gasteiger partial charge is 0.480 e. The van der Waals surface area contributed by atoms with Gasteiger partial charge < -0.3 is 10.5 Å². The lowest BCUT2D eigenvalue weighted by molar-refractivity contribution is 0.210. The fourth-order valence-electron chi connectivity index (χ4n) is 2.16. The van der Waals surface area contributed by atoms with Crippen LogP contribution in [0.2, 0.25) is 0 Å². The zero-order chi connectivity index (χ0) is 13.9. The lowest BCUT2D eigenvalue weighted by atomic mass is 10.2. The van der Waals surface area contributed by atoms with Crippen molar-refractivity contribution in [2.45, 2.75) is 30.4 Å². The molecule has 1 aliphatic rings. The number of nitrogens with two attached hydrogens (primary N) is 1. The van der Waals surface area contributed by atoms with Crippen LogP contribution >= 0.6 is 11.8 Å². The summed E-state index contributed by atoms with van der Waals surface area (Å²) in [5.41, 5.74) is 6.79. The summed E-state index contributed by atoms with van der Waals surface area (Å²) < 4.78 is 6.00. The maximum Gasteiger partial charge on any atom is 0.170 e. The predicted molar refractivity (Wildman–Crippen MR) is 79.9 cm³/mol. The van der Waals surface area contributed by atoms with Crippen LogP contribution in [0.25, 0.3) is 0 Å². The van der Waals surface area contributed by atoms with Gasteiger partial charge in [0.2, 0.25) is 0 Å². The number of ether oxygens (including phenoxy) is 1. The number of aromatic nitrogens is 2. The molecular weight excluding hydrogens is 270 g/mol. The summed E-state index contributed by atoms with van der Waals surface area (Å²) in [5.74, 6) is 2.48. The summed E-state index contributed by atoms with van der Waals surface area (Å²) in [4.78, 5) is 10.1. The van der Waals surface area contributed by atoms with E-state index in [1.807, 2.05) is 31.2 Å². The van der Waals surface area contributed by atoms with Gasteiger partial charge in [0.15, 0.2) is 11.9 Å². The Morgan fingerprint density at radius 3 is 3.10 bits per heavy atom. The van der Waals surface area contributed by atoms with Crippen molar-refractivity contribution >= 4 is 11.8 Å². The molecule has 0 amide bonds. The van der Waals surface area contributed by atoms with Gasteiger partial charge in [-0.25, -0.2) is 9.97 Å². The quantitative estimate of drug-likeness (QED) is 0.940. The van der Waals surface area contributed by atoms with Gasteiger partial charge in [-0.15, -0.1) is 11.8 Å². The summed E-state index contributed by atoms with van der Waals surface area (Å²) >= 11 is 1.78. The van der Waals surface area contributed by atoms with E-state index in [0.717, 1.165) is 29.4 Å². The number of thioether (sulfide) groups is 1. The third-order valence-electron chi connectivity index (χ3n) is 3.06. The van der Waals surface area contributed by atoms with Crippen LogP contribution in [0, 0.1) is 0 Å². The molecule has 0 fully saturated rings. The first-order valence-corrected chi connectivity index (χ1v) is 7.67. The number of rotatable bonds is 3. The molecule has 1 aromatic carbocycles. The normalized spacial score (nSPS) is 19.0. The van der Waals surface area contributed by atoms with Gasteiger partial charge in [0, 0.05) is 35.0 Å². The van der Waals surface area contributed by atoms with Gasteiger partial charge in [0.25, 0.3) is 0 Å². The van der Waals surface area contributed by atoms with Gasteiger partial charge in [0.05, 0.1) is 0 Å². The summed E-state index contributed by atoms with van der Waals surface area (Å²) in [5, 5.41) is 0. The highest BCUT2D eigenvalue weighted by Crippen LogP contribution is 2.39. The summed E-state index contributed by atoms with van der Waals surface area (Å²) in [6.45, 7) is 1.98. The van der Waals surface area contributed by atoms with E-state index in [2.05, 4.69) is 16.0 Å². The van der Waals surface area contributed by atoms with Crippen molar-refractivity contribution in [3.63, 3.8) is 0 Å². The fraction of sp³-hybridized carbons (Fsp3) is 0.333. The van der Waals surface area contributed by atoms with Crippen LogP contribution in [0.1, 0.15) is 24.5 Å². The molecule has 2 N–H and O–H groups in total. The molecule has 0 spiro atoms. The number of benzene rings is 1. The molecule has 0 radical (unpaired) electrons. The lowest BCUT2D eigenvalue weighted by Gasteiger charge is -2.24. The molecule has 0 saturated carbocycles. The minimum atomic E-state index is -0.0945. The molecule has 2 atom stereocenters. The molecule has 2 unspecified atom stereocenters. The van der Waals surface area contributed by atoms with E-state index in [0.29, 0.717) is 0 Å². The summed E-state index contributed by atoms with van der Waals surface area (Å²) in [7, 11) is 0. The van der Waals surface area contributed by atoms with Crippen LogP contribution in [0.5, 0.6) is 5.75 Å². The average molecular weight is 287 g/mol. The zero-order valence-corrected chi connectivity index (χ0v) is 12.1. The molecule has 5 heteroatoms. The van der Waals surface area contributed by atoms with E-state index in [1.165, 1.54) is 4.90 Å². The second kappa shape index (κ2) is 5.81. The van der Waals surface area contributed by atoms with Gasteiger partial charge in [-0.05, 0) is 25.1 Å². The summed E-state index contributed by atoms with van der Waals surface area (Å²) in [6, 6.07) is 10.1. The Labute approximate surface area is 122 Å². The van der Waals surface area contributed by atoms with Gasteiger partial charge in [-0.2, -0.15) is 0 Å². The Morgan fingerprint density at radius 2 is 2.25 bits per heavy atom. The van der Waals surface area contributed by atoms with Crippen LogP contribution in [-0.4, -0.2) is 21.8 Å². The molecular formula is C15H17N3OS. The first-order valence-electron chi connectivity index (χ1n) is 6.68. The molecule has 4 nitrogen and oxygen atoms in total. The predicted octanol–water partition coefficient (Wildman–Crippen LogP) is 2.59. The highest BCUT2D eigenvalue weighted by molar-refractivity contribution is 7.99. The lowest BCUT2D eigenvalue weighted by Crippen LogP contribution is -2.21. The molecule has 0 aliphatic carbocycles. The molecule has 104 valence electrons. The molecule has 2 aromatic rings. The van der Waals surface area contributed by atoms with Gasteiger partial charge >= 0.3 is 0 Å². The monoisotopic (exact) mass is 287 g/mol. The van der Waals surface area contributed by atoms with Crippen molar-refractivity contribution < 1.29 is 4.74 Å². The highest BCUT2D eigenvalue weighted by Gasteiger charge is 2.24. The zero-order valence-electron chi connectivity index (χ0n) is 11.3. The highest BCUT2D eigenvalue weighted by atomic mass is 32.2. The molecule has 1 aromatic heterocycles. The molecule has 20 heavy (non-hydrogen) atoms. The van der Waals surface area contributed by atoms with Crippen LogP contribution in [0.4, 0.5) is 0 Å². The van der Waals surface area contributed by atoms with Gasteiger partial charge in [-0.3, -0.25) is 0 Å². The van der Waals surface area contributed by atoms with Crippen LogP contribution in [-0.2, 0) is 6.42 Å². The fourth-order valence-corrected chi connectivity index (χ4v) is 3.14. The Morgan fingerprint density at radius 1 is 1.40 bits per heavy atom. The van der Waals surface area contributed by atoms with Gasteiger partial charge in [0.1, 0.15) is 5.75 Å². The van der Waals surface area contributed by atoms with Crippen molar-refractivity contribution in [3.05, 3.63) is 48.0 Å². The second-order valence-electron chi connectivity index (χ2n) is 4.95. The number of hydrogen-bond acceptors (Lipinski definition) is 5. The van der Waals surface area contributed by atoms with E-state index in [4.69, 9.17) is 10.5 Å². The van der Waals surface area contributed by atoms with Crippen molar-refractivity contribution in [3.8, 4) is 5.75 Å². The first-order chi connectivity index (χ1) is 9.72. The van der Waals surface area contributed by atoms with Crippen molar-refractivity contribution in [1.29, 1.82) is 0 Å². The SMILES string of the molecule is CC(N)Cc1ccnc(C2CSc3ccccc3O2)n1. The molecule has 3 rings (SSSR count). The van der Waals surface area contributed by atoms with Crippen molar-refractivity contribution in [2.24, 2.45) is 5.73 Å². The maximum atomic E-state index is 6.00. The second-order valence-corrected chi connectivity index (χ2v) is 6.01. The smallest absolute Gasteiger partial charge is 0.170 e. The average Bonchev–Trinajstić information content (AvgIpc) is 2.46. The van der Waals surface area contributed by atoms with E-state index >= 15 is 0 Å². The van der Waals surface area contributed by atoms with E-state index < -0.39 is 0 Å². The first kappa shape index (κ1) is 13.4. The molecule has 2 heterocycles. The van der Waals surface area contributed by atoms with Crippen LogP contribution in [0.3, 0.4) is 0 Å².